The van der Waals surface area contributed by atoms with Gasteiger partial charge >= 0.3 is 0 Å². The van der Waals surface area contributed by atoms with Crippen molar-refractivity contribution in [3.05, 3.63) is 65.9 Å². The summed E-state index contributed by atoms with van der Waals surface area (Å²) in [6.07, 6.45) is 1.53. The number of hydrogen-bond acceptors (Lipinski definition) is 1. The van der Waals surface area contributed by atoms with Gasteiger partial charge in [-0.1, -0.05) is 12.1 Å². The first-order valence-electron chi connectivity index (χ1n) is 5.88. The molecule has 0 unspecified atom stereocenters. The maximum Gasteiger partial charge on any atom is 0.133 e. The Hall–Kier alpha value is -1.64. The predicted octanol–water partition coefficient (Wildman–Crippen LogP) is 4.29. The van der Waals surface area contributed by atoms with Crippen LogP contribution in [0.3, 0.4) is 0 Å². The molecule has 0 aliphatic heterocycles. The summed E-state index contributed by atoms with van der Waals surface area (Å²) in [7, 11) is 0. The van der Waals surface area contributed by atoms with Crippen molar-refractivity contribution >= 4 is 10.8 Å². The van der Waals surface area contributed by atoms with Crippen LogP contribution in [-0.2, 0) is 20.1 Å². The summed E-state index contributed by atoms with van der Waals surface area (Å²) in [5, 5.41) is 1.15. The molecule has 3 rings (SSSR count). The summed E-state index contributed by atoms with van der Waals surface area (Å²) >= 11 is 0. The summed E-state index contributed by atoms with van der Waals surface area (Å²) in [6.45, 7) is 1.71. The molecule has 0 saturated heterocycles. The Balaban J connectivity index is 0.00000147. The van der Waals surface area contributed by atoms with E-state index in [4.69, 9.17) is 0 Å². The maximum atomic E-state index is 14.1. The number of fused-ring (bicyclic) bond motifs is 1. The summed E-state index contributed by atoms with van der Waals surface area (Å²) < 4.78 is 27.3. The van der Waals surface area contributed by atoms with E-state index >= 15 is 0 Å². The number of nitrogens with zero attached hydrogens (tertiary/aromatic N) is 1. The number of halogens is 2. The van der Waals surface area contributed by atoms with Gasteiger partial charge in [0.15, 0.2) is 0 Å². The van der Waals surface area contributed by atoms with Crippen molar-refractivity contribution in [2.45, 2.75) is 6.92 Å². The number of aryl methyl sites for hydroxylation is 1. The molecule has 0 spiro atoms. The van der Waals surface area contributed by atoms with Crippen LogP contribution in [0, 0.1) is 24.6 Å². The van der Waals surface area contributed by atoms with Crippen LogP contribution in [0.1, 0.15) is 5.56 Å². The van der Waals surface area contributed by atoms with E-state index in [-0.39, 0.29) is 31.7 Å². The van der Waals surface area contributed by atoms with Crippen molar-refractivity contribution in [1.82, 2.24) is 4.98 Å². The van der Waals surface area contributed by atoms with Crippen molar-refractivity contribution in [1.29, 1.82) is 0 Å². The van der Waals surface area contributed by atoms with Gasteiger partial charge in [0, 0.05) is 37.5 Å². The molecule has 0 saturated carbocycles. The third-order valence-electron chi connectivity index (χ3n) is 3.09. The van der Waals surface area contributed by atoms with Gasteiger partial charge in [0.25, 0.3) is 0 Å². The van der Waals surface area contributed by atoms with E-state index in [0.29, 0.717) is 27.6 Å². The first-order valence-corrected chi connectivity index (χ1v) is 5.88. The summed E-state index contributed by atoms with van der Waals surface area (Å²) in [6, 6.07) is 12.2. The fourth-order valence-electron chi connectivity index (χ4n) is 2.12. The molecule has 20 heavy (non-hydrogen) atoms. The first kappa shape index (κ1) is 14.8. The van der Waals surface area contributed by atoms with Crippen LogP contribution in [0.25, 0.3) is 22.0 Å². The van der Waals surface area contributed by atoms with Crippen LogP contribution in [0.2, 0.25) is 0 Å². The minimum Gasteiger partial charge on any atom is -0.304 e. The third-order valence-corrected chi connectivity index (χ3v) is 3.09. The fraction of sp³-hybridized carbons (Fsp3) is 0.0625. The fourth-order valence-corrected chi connectivity index (χ4v) is 2.12. The molecule has 0 bridgehead atoms. The Bertz CT molecular complexity index is 772. The van der Waals surface area contributed by atoms with Crippen LogP contribution in [0.15, 0.2) is 42.6 Å². The normalized spacial score (nSPS) is 10.3. The Kier molecular flexibility index (Phi) is 4.26. The number of rotatable bonds is 1. The van der Waals surface area contributed by atoms with E-state index in [0.717, 1.165) is 0 Å². The average molecular weight is 446 g/mol. The van der Waals surface area contributed by atoms with E-state index in [9.17, 15) is 8.78 Å². The topological polar surface area (TPSA) is 12.9 Å². The SMILES string of the molecule is Cc1ccc2c(-c3[c-]ccc(F)c3)nccc2c1F.[Ir]. The van der Waals surface area contributed by atoms with Crippen LogP contribution in [0.4, 0.5) is 8.78 Å². The minimum absolute atomic E-state index is 0. The van der Waals surface area contributed by atoms with Crippen molar-refractivity contribution < 1.29 is 28.9 Å². The molecule has 0 amide bonds. The number of aromatic nitrogens is 1. The zero-order chi connectivity index (χ0) is 13.4. The van der Waals surface area contributed by atoms with Gasteiger partial charge in [-0.2, -0.15) is 0 Å². The second-order valence-corrected chi connectivity index (χ2v) is 4.37. The molecule has 4 heteroatoms. The molecule has 0 aliphatic carbocycles. The summed E-state index contributed by atoms with van der Waals surface area (Å²) in [4.78, 5) is 4.22. The van der Waals surface area contributed by atoms with E-state index in [2.05, 4.69) is 11.1 Å². The zero-order valence-electron chi connectivity index (χ0n) is 10.6. The minimum atomic E-state index is -0.361. The number of pyridine rings is 1. The van der Waals surface area contributed by atoms with Crippen molar-refractivity contribution in [3.8, 4) is 11.3 Å². The molecular weight excluding hydrogens is 436 g/mol. The van der Waals surface area contributed by atoms with Crippen LogP contribution < -0.4 is 0 Å². The molecule has 1 radical (unpaired) electrons. The molecule has 0 N–H and O–H groups in total. The molecule has 103 valence electrons. The molecule has 3 aromatic rings. The molecule has 1 nitrogen and oxygen atoms in total. The molecule has 2 aromatic carbocycles. The van der Waals surface area contributed by atoms with Gasteiger partial charge in [-0.05, 0) is 29.6 Å². The van der Waals surface area contributed by atoms with E-state index in [1.165, 1.54) is 24.4 Å². The number of benzene rings is 2. The quantitative estimate of drug-likeness (QED) is 0.509. The van der Waals surface area contributed by atoms with Gasteiger partial charge < -0.3 is 4.98 Å². The first-order chi connectivity index (χ1) is 9.16. The smallest absolute Gasteiger partial charge is 0.133 e. The Labute approximate surface area is 129 Å². The van der Waals surface area contributed by atoms with E-state index < -0.39 is 0 Å². The second kappa shape index (κ2) is 5.78. The summed E-state index contributed by atoms with van der Waals surface area (Å²) in [5.74, 6) is -0.627. The van der Waals surface area contributed by atoms with Gasteiger partial charge in [0.05, 0.1) is 0 Å². The van der Waals surface area contributed by atoms with Gasteiger partial charge in [0.1, 0.15) is 5.82 Å². The van der Waals surface area contributed by atoms with Crippen molar-refractivity contribution in [2.75, 3.05) is 0 Å². The van der Waals surface area contributed by atoms with Crippen molar-refractivity contribution in [2.24, 2.45) is 0 Å². The Morgan fingerprint density at radius 1 is 1.05 bits per heavy atom. The van der Waals surface area contributed by atoms with E-state index in [1.807, 2.05) is 0 Å². The van der Waals surface area contributed by atoms with Crippen LogP contribution >= 0.6 is 0 Å². The van der Waals surface area contributed by atoms with Gasteiger partial charge in [0.2, 0.25) is 0 Å². The molecule has 0 aliphatic rings. The van der Waals surface area contributed by atoms with E-state index in [1.54, 1.807) is 25.1 Å². The molecule has 1 heterocycles. The Morgan fingerprint density at radius 3 is 2.60 bits per heavy atom. The van der Waals surface area contributed by atoms with Crippen LogP contribution in [0.5, 0.6) is 0 Å². The Morgan fingerprint density at radius 2 is 1.85 bits per heavy atom. The molecule has 0 fully saturated rings. The molecule has 0 atom stereocenters. The number of hydrogen-bond donors (Lipinski definition) is 0. The standard InChI is InChI=1S/C16H10F2N.Ir/c1-10-5-6-14-13(15(10)18)7-8-19-16(14)11-3-2-4-12(17)9-11;/h2,4-9H,1H3;/q-1;. The van der Waals surface area contributed by atoms with Crippen LogP contribution in [-0.4, -0.2) is 4.98 Å². The molecular formula is C16H10F2IrN-. The third kappa shape index (κ3) is 2.49. The van der Waals surface area contributed by atoms with Gasteiger partial charge in [-0.15, -0.1) is 29.8 Å². The second-order valence-electron chi connectivity index (χ2n) is 4.37. The van der Waals surface area contributed by atoms with Gasteiger partial charge in [-0.25, -0.2) is 8.78 Å². The average Bonchev–Trinajstić information content (AvgIpc) is 2.42. The summed E-state index contributed by atoms with van der Waals surface area (Å²) in [5.41, 5.74) is 1.64. The largest absolute Gasteiger partial charge is 0.304 e. The molecule has 1 aromatic heterocycles. The monoisotopic (exact) mass is 447 g/mol. The predicted molar refractivity (Wildman–Crippen MR) is 70.7 cm³/mol. The van der Waals surface area contributed by atoms with Gasteiger partial charge in [-0.3, -0.25) is 0 Å². The maximum absolute atomic E-state index is 14.1. The zero-order valence-corrected chi connectivity index (χ0v) is 13.0. The van der Waals surface area contributed by atoms with Crippen molar-refractivity contribution in [3.63, 3.8) is 0 Å².